The first-order chi connectivity index (χ1) is 12.2. The number of nitrogens with one attached hydrogen (secondary N) is 2. The molecule has 1 aromatic carbocycles. The number of thiazole rings is 1. The Kier molecular flexibility index (Phi) is 5.25. The van der Waals surface area contributed by atoms with Gasteiger partial charge in [-0.1, -0.05) is 12.1 Å². The summed E-state index contributed by atoms with van der Waals surface area (Å²) in [5.41, 5.74) is 3.09. The van der Waals surface area contributed by atoms with E-state index < -0.39 is 0 Å². The molecule has 0 aliphatic carbocycles. The van der Waals surface area contributed by atoms with Crippen LogP contribution in [0.5, 0.6) is 5.75 Å². The van der Waals surface area contributed by atoms with E-state index in [4.69, 9.17) is 4.74 Å². The number of aromatic nitrogens is 2. The molecule has 128 valence electrons. The molecule has 3 rings (SSSR count). The number of aryl methyl sites for hydroxylation is 1. The second kappa shape index (κ2) is 7.76. The lowest BCUT2D eigenvalue weighted by molar-refractivity contribution is 0.0946. The average molecular weight is 354 g/mol. The van der Waals surface area contributed by atoms with Crippen molar-refractivity contribution >= 4 is 28.1 Å². The van der Waals surface area contributed by atoms with E-state index in [-0.39, 0.29) is 5.91 Å². The fraction of sp³-hybridized carbons (Fsp3) is 0.167. The quantitative estimate of drug-likeness (QED) is 0.708. The molecule has 25 heavy (non-hydrogen) atoms. The summed E-state index contributed by atoms with van der Waals surface area (Å²) in [6.45, 7) is 2.37. The molecule has 0 spiro atoms. The van der Waals surface area contributed by atoms with Crippen LogP contribution in [-0.2, 0) is 6.54 Å². The number of ether oxygens (including phenoxy) is 1. The molecule has 7 heteroatoms. The highest BCUT2D eigenvalue weighted by atomic mass is 32.1. The minimum atomic E-state index is -0.230. The second-order valence-electron chi connectivity index (χ2n) is 5.37. The van der Waals surface area contributed by atoms with Crippen LogP contribution in [0, 0.1) is 6.92 Å². The Balaban J connectivity index is 1.66. The van der Waals surface area contributed by atoms with Gasteiger partial charge in [0.05, 0.1) is 25.0 Å². The van der Waals surface area contributed by atoms with Gasteiger partial charge >= 0.3 is 0 Å². The zero-order chi connectivity index (χ0) is 17.6. The minimum Gasteiger partial charge on any atom is -0.495 e. The third-order valence-corrected chi connectivity index (χ3v) is 4.25. The minimum absolute atomic E-state index is 0.230. The van der Waals surface area contributed by atoms with Crippen LogP contribution in [-0.4, -0.2) is 23.0 Å². The molecule has 0 radical (unpaired) electrons. The first kappa shape index (κ1) is 16.9. The van der Waals surface area contributed by atoms with Gasteiger partial charge in [0.15, 0.2) is 5.13 Å². The summed E-state index contributed by atoms with van der Waals surface area (Å²) < 4.78 is 5.34. The highest BCUT2D eigenvalue weighted by molar-refractivity contribution is 7.14. The van der Waals surface area contributed by atoms with E-state index in [1.807, 2.05) is 43.3 Å². The number of anilines is 2. The van der Waals surface area contributed by atoms with Crippen molar-refractivity contribution in [3.63, 3.8) is 0 Å². The first-order valence-corrected chi connectivity index (χ1v) is 8.59. The molecule has 0 aliphatic heterocycles. The van der Waals surface area contributed by atoms with Crippen LogP contribution < -0.4 is 15.4 Å². The summed E-state index contributed by atoms with van der Waals surface area (Å²) in [6, 6.07) is 11.4. The number of amides is 1. The van der Waals surface area contributed by atoms with Gasteiger partial charge in [-0.2, -0.15) is 0 Å². The maximum absolute atomic E-state index is 12.2. The van der Waals surface area contributed by atoms with E-state index in [2.05, 4.69) is 20.6 Å². The number of hydrogen-bond acceptors (Lipinski definition) is 6. The summed E-state index contributed by atoms with van der Waals surface area (Å²) in [7, 11) is 1.62. The zero-order valence-electron chi connectivity index (χ0n) is 13.9. The lowest BCUT2D eigenvalue weighted by Crippen LogP contribution is -2.23. The van der Waals surface area contributed by atoms with Crippen LogP contribution in [0.25, 0.3) is 0 Å². The predicted molar refractivity (Wildman–Crippen MR) is 98.5 cm³/mol. The Hall–Kier alpha value is -2.93. The summed E-state index contributed by atoms with van der Waals surface area (Å²) in [5, 5.41) is 8.37. The number of methoxy groups -OCH3 is 1. The van der Waals surface area contributed by atoms with Crippen LogP contribution in [0.2, 0.25) is 0 Å². The molecule has 3 aromatic rings. The Morgan fingerprint density at radius 2 is 2.16 bits per heavy atom. The molecule has 6 nitrogen and oxygen atoms in total. The van der Waals surface area contributed by atoms with Crippen LogP contribution >= 0.6 is 11.3 Å². The van der Waals surface area contributed by atoms with Gasteiger partial charge in [-0.05, 0) is 36.8 Å². The summed E-state index contributed by atoms with van der Waals surface area (Å²) >= 11 is 1.37. The van der Waals surface area contributed by atoms with Gasteiger partial charge in [-0.3, -0.25) is 9.78 Å². The smallest absolute Gasteiger partial charge is 0.271 e. The molecule has 0 fully saturated rings. The molecule has 0 aliphatic rings. The highest BCUT2D eigenvalue weighted by Crippen LogP contribution is 2.29. The topological polar surface area (TPSA) is 76.1 Å². The number of carbonyl (C=O) groups is 1. The Morgan fingerprint density at radius 1 is 1.28 bits per heavy atom. The van der Waals surface area contributed by atoms with E-state index >= 15 is 0 Å². The van der Waals surface area contributed by atoms with Crippen LogP contribution in [0.4, 0.5) is 10.8 Å². The van der Waals surface area contributed by atoms with Gasteiger partial charge in [0.25, 0.3) is 5.91 Å². The fourth-order valence-electron chi connectivity index (χ4n) is 2.23. The molecule has 0 bridgehead atoms. The lowest BCUT2D eigenvalue weighted by atomic mass is 10.2. The number of hydrogen-bond donors (Lipinski definition) is 2. The number of carbonyl (C=O) groups excluding carboxylic acids is 1. The van der Waals surface area contributed by atoms with E-state index in [0.717, 1.165) is 22.7 Å². The maximum atomic E-state index is 12.2. The molecule has 1 amide bonds. The molecule has 0 unspecified atom stereocenters. The number of pyridine rings is 1. The number of rotatable bonds is 6. The van der Waals surface area contributed by atoms with Gasteiger partial charge in [0, 0.05) is 11.6 Å². The van der Waals surface area contributed by atoms with Crippen LogP contribution in [0.3, 0.4) is 0 Å². The van der Waals surface area contributed by atoms with Crippen molar-refractivity contribution in [1.82, 2.24) is 15.3 Å². The van der Waals surface area contributed by atoms with Crippen molar-refractivity contribution < 1.29 is 9.53 Å². The fourth-order valence-corrected chi connectivity index (χ4v) is 2.94. The molecule has 0 saturated heterocycles. The van der Waals surface area contributed by atoms with Crippen LogP contribution in [0.1, 0.15) is 21.7 Å². The normalized spacial score (nSPS) is 10.3. The van der Waals surface area contributed by atoms with Crippen molar-refractivity contribution in [2.24, 2.45) is 0 Å². The van der Waals surface area contributed by atoms with E-state index in [0.29, 0.717) is 17.4 Å². The Bertz CT molecular complexity index is 865. The average Bonchev–Trinajstić information content (AvgIpc) is 3.09. The van der Waals surface area contributed by atoms with E-state index in [1.54, 1.807) is 18.7 Å². The molecular weight excluding hydrogens is 336 g/mol. The standard InChI is InChI=1S/C18H18N4O2S/c1-12-6-7-16(24-2)14(9-12)21-18-22-15(11-25-18)17(23)20-10-13-5-3-4-8-19-13/h3-9,11H,10H2,1-2H3,(H,20,23)(H,21,22). The van der Waals surface area contributed by atoms with Gasteiger partial charge in [-0.25, -0.2) is 4.98 Å². The molecular formula is C18H18N4O2S. The van der Waals surface area contributed by atoms with Gasteiger partial charge < -0.3 is 15.4 Å². The van der Waals surface area contributed by atoms with Crippen molar-refractivity contribution in [1.29, 1.82) is 0 Å². The molecule has 0 saturated carbocycles. The Morgan fingerprint density at radius 3 is 2.92 bits per heavy atom. The maximum Gasteiger partial charge on any atom is 0.271 e. The first-order valence-electron chi connectivity index (χ1n) is 7.71. The van der Waals surface area contributed by atoms with Crippen molar-refractivity contribution in [3.8, 4) is 5.75 Å². The monoisotopic (exact) mass is 354 g/mol. The summed E-state index contributed by atoms with van der Waals surface area (Å²) in [4.78, 5) is 20.7. The van der Waals surface area contributed by atoms with Crippen molar-refractivity contribution in [3.05, 3.63) is 64.9 Å². The predicted octanol–water partition coefficient (Wildman–Crippen LogP) is 3.53. The molecule has 2 aromatic heterocycles. The van der Waals surface area contributed by atoms with E-state index in [9.17, 15) is 4.79 Å². The summed E-state index contributed by atoms with van der Waals surface area (Å²) in [5.74, 6) is 0.494. The summed E-state index contributed by atoms with van der Waals surface area (Å²) in [6.07, 6.45) is 1.70. The van der Waals surface area contributed by atoms with Crippen molar-refractivity contribution in [2.75, 3.05) is 12.4 Å². The number of nitrogens with zero attached hydrogens (tertiary/aromatic N) is 2. The third kappa shape index (κ3) is 4.33. The number of benzene rings is 1. The zero-order valence-corrected chi connectivity index (χ0v) is 14.8. The largest absolute Gasteiger partial charge is 0.495 e. The van der Waals surface area contributed by atoms with Crippen LogP contribution in [0.15, 0.2) is 48.0 Å². The van der Waals surface area contributed by atoms with Gasteiger partial charge in [-0.15, -0.1) is 11.3 Å². The van der Waals surface area contributed by atoms with Gasteiger partial charge in [0.2, 0.25) is 0 Å². The third-order valence-electron chi connectivity index (χ3n) is 3.49. The van der Waals surface area contributed by atoms with E-state index in [1.165, 1.54) is 11.3 Å². The van der Waals surface area contributed by atoms with Crippen molar-refractivity contribution in [2.45, 2.75) is 13.5 Å². The van der Waals surface area contributed by atoms with Gasteiger partial charge in [0.1, 0.15) is 11.4 Å². The SMILES string of the molecule is COc1ccc(C)cc1Nc1nc(C(=O)NCc2ccccn2)cs1. The Labute approximate surface area is 149 Å². The second-order valence-corrected chi connectivity index (χ2v) is 6.23. The molecule has 2 heterocycles. The molecule has 0 atom stereocenters. The highest BCUT2D eigenvalue weighted by Gasteiger charge is 2.12. The molecule has 2 N–H and O–H groups in total. The lowest BCUT2D eigenvalue weighted by Gasteiger charge is -2.09.